The van der Waals surface area contributed by atoms with E-state index in [0.29, 0.717) is 18.7 Å². The third-order valence-corrected chi connectivity index (χ3v) is 4.21. The molecule has 2 aromatic carbocycles. The van der Waals surface area contributed by atoms with Gasteiger partial charge in [-0.25, -0.2) is 4.39 Å². The molecule has 0 bridgehead atoms. The molecule has 0 aliphatic carbocycles. The summed E-state index contributed by atoms with van der Waals surface area (Å²) >= 11 is 0. The molecule has 0 saturated carbocycles. The molecule has 2 heterocycles. The summed E-state index contributed by atoms with van der Waals surface area (Å²) in [5.41, 5.74) is 2.91. The van der Waals surface area contributed by atoms with Crippen LogP contribution in [-0.4, -0.2) is 22.6 Å². The van der Waals surface area contributed by atoms with Crippen LogP contribution in [0.2, 0.25) is 0 Å². The number of rotatable bonds is 5. The summed E-state index contributed by atoms with van der Waals surface area (Å²) in [7, 11) is 0. The van der Waals surface area contributed by atoms with Crippen LogP contribution < -0.4 is 5.32 Å². The topological polar surface area (TPSA) is 70.9 Å². The van der Waals surface area contributed by atoms with Crippen molar-refractivity contribution in [2.75, 3.05) is 6.54 Å². The Hall–Kier alpha value is -3.41. The van der Waals surface area contributed by atoms with Gasteiger partial charge >= 0.3 is 0 Å². The van der Waals surface area contributed by atoms with E-state index in [9.17, 15) is 9.18 Å². The summed E-state index contributed by atoms with van der Waals surface area (Å²) in [5.74, 6) is -0.0387. The van der Waals surface area contributed by atoms with Crippen molar-refractivity contribution in [2.45, 2.75) is 6.42 Å². The van der Waals surface area contributed by atoms with Crippen LogP contribution in [0.3, 0.4) is 0 Å². The molecule has 1 amide bonds. The number of benzene rings is 2. The molecule has 0 unspecified atom stereocenters. The molecular weight excluding hydrogens is 333 g/mol. The van der Waals surface area contributed by atoms with Gasteiger partial charge < -0.3 is 14.8 Å². The van der Waals surface area contributed by atoms with Crippen LogP contribution in [0.25, 0.3) is 22.2 Å². The van der Waals surface area contributed by atoms with Crippen molar-refractivity contribution in [3.8, 4) is 11.3 Å². The highest BCUT2D eigenvalue weighted by Crippen LogP contribution is 2.21. The number of carbonyl (C=O) groups is 1. The average molecular weight is 349 g/mol. The molecule has 2 aromatic heterocycles. The number of amides is 1. The Morgan fingerprint density at radius 2 is 2.00 bits per heavy atom. The number of hydrogen-bond acceptors (Lipinski definition) is 3. The zero-order valence-electron chi connectivity index (χ0n) is 13.8. The van der Waals surface area contributed by atoms with Crippen molar-refractivity contribution < 1.29 is 13.7 Å². The molecule has 0 fully saturated rings. The van der Waals surface area contributed by atoms with Crippen molar-refractivity contribution in [1.82, 2.24) is 15.5 Å². The van der Waals surface area contributed by atoms with Crippen LogP contribution in [0, 0.1) is 5.82 Å². The zero-order valence-corrected chi connectivity index (χ0v) is 13.8. The van der Waals surface area contributed by atoms with E-state index in [2.05, 4.69) is 15.5 Å². The third kappa shape index (κ3) is 3.21. The maximum atomic E-state index is 13.4. The lowest BCUT2D eigenvalue weighted by Gasteiger charge is -2.02. The molecule has 0 saturated heterocycles. The standard InChI is InChI=1S/C20H16FN3O2/c21-15-6-7-17-16(10-15)14(12-23-17)8-9-22-20(25)18-11-19(26-24-18)13-4-2-1-3-5-13/h1-7,10-12,23H,8-9H2,(H,22,25). The number of nitrogens with one attached hydrogen (secondary N) is 2. The van der Waals surface area contributed by atoms with Gasteiger partial charge in [0.2, 0.25) is 0 Å². The van der Waals surface area contributed by atoms with Crippen molar-refractivity contribution in [1.29, 1.82) is 0 Å². The first-order valence-corrected chi connectivity index (χ1v) is 8.26. The van der Waals surface area contributed by atoms with Gasteiger partial charge in [-0.15, -0.1) is 0 Å². The second-order valence-corrected chi connectivity index (χ2v) is 5.95. The number of nitrogens with zero attached hydrogens (tertiary/aromatic N) is 1. The normalized spacial score (nSPS) is 11.0. The quantitative estimate of drug-likeness (QED) is 0.573. The van der Waals surface area contributed by atoms with E-state index in [0.717, 1.165) is 22.0 Å². The molecule has 4 rings (SSSR count). The second-order valence-electron chi connectivity index (χ2n) is 5.95. The van der Waals surface area contributed by atoms with Gasteiger partial charge in [0.1, 0.15) is 5.82 Å². The lowest BCUT2D eigenvalue weighted by atomic mass is 10.1. The van der Waals surface area contributed by atoms with Crippen LogP contribution in [-0.2, 0) is 6.42 Å². The van der Waals surface area contributed by atoms with E-state index in [4.69, 9.17) is 4.52 Å². The zero-order chi connectivity index (χ0) is 17.9. The molecule has 5 nitrogen and oxygen atoms in total. The van der Waals surface area contributed by atoms with Crippen molar-refractivity contribution >= 4 is 16.8 Å². The van der Waals surface area contributed by atoms with Crippen LogP contribution in [0.15, 0.2) is 65.3 Å². The highest BCUT2D eigenvalue weighted by Gasteiger charge is 2.13. The Balaban J connectivity index is 1.40. The number of carbonyl (C=O) groups excluding carboxylic acids is 1. The Kier molecular flexibility index (Phi) is 4.23. The minimum Gasteiger partial charge on any atom is -0.361 e. The number of fused-ring (bicyclic) bond motifs is 1. The molecule has 2 N–H and O–H groups in total. The number of halogens is 1. The van der Waals surface area contributed by atoms with Gasteiger partial charge in [-0.1, -0.05) is 35.5 Å². The summed E-state index contributed by atoms with van der Waals surface area (Å²) in [6.45, 7) is 0.413. The lowest BCUT2D eigenvalue weighted by molar-refractivity contribution is 0.0945. The minimum atomic E-state index is -0.304. The SMILES string of the molecule is O=C(NCCc1c[nH]c2ccc(F)cc12)c1cc(-c2ccccc2)on1. The third-order valence-electron chi connectivity index (χ3n) is 4.21. The van der Waals surface area contributed by atoms with Gasteiger partial charge in [-0.05, 0) is 30.2 Å². The predicted molar refractivity (Wildman–Crippen MR) is 96.2 cm³/mol. The number of aromatic amines is 1. The molecule has 0 radical (unpaired) electrons. The fourth-order valence-electron chi connectivity index (χ4n) is 2.88. The number of aromatic nitrogens is 2. The Morgan fingerprint density at radius 3 is 2.85 bits per heavy atom. The van der Waals surface area contributed by atoms with Crippen LogP contribution in [0.1, 0.15) is 16.1 Å². The van der Waals surface area contributed by atoms with Gasteiger partial charge in [0, 0.05) is 35.3 Å². The molecule has 26 heavy (non-hydrogen) atoms. The van der Waals surface area contributed by atoms with E-state index in [1.54, 1.807) is 12.1 Å². The average Bonchev–Trinajstić information content (AvgIpc) is 3.30. The summed E-state index contributed by atoms with van der Waals surface area (Å²) in [6, 6.07) is 15.7. The summed E-state index contributed by atoms with van der Waals surface area (Å²) in [4.78, 5) is 15.3. The molecule has 0 aliphatic heterocycles. The monoisotopic (exact) mass is 349 g/mol. The fraction of sp³-hybridized carbons (Fsp3) is 0.100. The lowest BCUT2D eigenvalue weighted by Crippen LogP contribution is -2.25. The summed E-state index contributed by atoms with van der Waals surface area (Å²) < 4.78 is 18.6. The minimum absolute atomic E-state index is 0.230. The van der Waals surface area contributed by atoms with Crippen molar-refractivity contribution in [3.05, 3.63) is 77.9 Å². The summed E-state index contributed by atoms with van der Waals surface area (Å²) in [6.07, 6.45) is 2.42. The molecular formula is C20H16FN3O2. The highest BCUT2D eigenvalue weighted by molar-refractivity contribution is 5.93. The first-order valence-electron chi connectivity index (χ1n) is 8.26. The van der Waals surface area contributed by atoms with E-state index in [1.165, 1.54) is 12.1 Å². The first kappa shape index (κ1) is 16.1. The van der Waals surface area contributed by atoms with Crippen molar-refractivity contribution in [3.63, 3.8) is 0 Å². The van der Waals surface area contributed by atoms with Gasteiger partial charge in [0.15, 0.2) is 11.5 Å². The Labute approximate surface area is 148 Å². The Bertz CT molecular complexity index is 1050. The number of H-pyrrole nitrogens is 1. The maximum absolute atomic E-state index is 13.4. The first-order chi connectivity index (χ1) is 12.7. The summed E-state index contributed by atoms with van der Waals surface area (Å²) in [5, 5.41) is 7.47. The molecule has 4 aromatic rings. The van der Waals surface area contributed by atoms with E-state index in [1.807, 2.05) is 36.5 Å². The van der Waals surface area contributed by atoms with Gasteiger partial charge in [-0.3, -0.25) is 4.79 Å². The van der Waals surface area contributed by atoms with Crippen LogP contribution in [0.5, 0.6) is 0 Å². The van der Waals surface area contributed by atoms with E-state index < -0.39 is 0 Å². The van der Waals surface area contributed by atoms with Crippen LogP contribution in [0.4, 0.5) is 4.39 Å². The fourth-order valence-corrected chi connectivity index (χ4v) is 2.88. The molecule has 0 spiro atoms. The molecule has 0 aliphatic rings. The molecule has 6 heteroatoms. The van der Waals surface area contributed by atoms with Gasteiger partial charge in [0.05, 0.1) is 0 Å². The van der Waals surface area contributed by atoms with Crippen LogP contribution >= 0.6 is 0 Å². The smallest absolute Gasteiger partial charge is 0.273 e. The highest BCUT2D eigenvalue weighted by atomic mass is 19.1. The van der Waals surface area contributed by atoms with E-state index >= 15 is 0 Å². The Morgan fingerprint density at radius 1 is 1.15 bits per heavy atom. The molecule has 130 valence electrons. The van der Waals surface area contributed by atoms with Crippen molar-refractivity contribution in [2.24, 2.45) is 0 Å². The van der Waals surface area contributed by atoms with E-state index in [-0.39, 0.29) is 17.4 Å². The predicted octanol–water partition coefficient (Wildman–Crippen LogP) is 3.93. The van der Waals surface area contributed by atoms with Gasteiger partial charge in [0.25, 0.3) is 5.91 Å². The molecule has 0 atom stereocenters. The largest absolute Gasteiger partial charge is 0.361 e. The number of hydrogen-bond donors (Lipinski definition) is 2. The van der Waals surface area contributed by atoms with Gasteiger partial charge in [-0.2, -0.15) is 0 Å². The maximum Gasteiger partial charge on any atom is 0.273 e. The second kappa shape index (κ2) is 6.84.